The van der Waals surface area contributed by atoms with E-state index in [1.165, 1.54) is 0 Å². The van der Waals surface area contributed by atoms with Crippen molar-refractivity contribution in [2.24, 2.45) is 0 Å². The van der Waals surface area contributed by atoms with E-state index in [9.17, 15) is 39.3 Å². The van der Waals surface area contributed by atoms with Crippen LogP contribution in [-0.4, -0.2) is 33.4 Å². The van der Waals surface area contributed by atoms with Crippen molar-refractivity contribution in [3.63, 3.8) is 0 Å². The van der Waals surface area contributed by atoms with Gasteiger partial charge in [0, 0.05) is 12.4 Å². The normalized spacial score (nSPS) is 15.0. The van der Waals surface area contributed by atoms with Crippen LogP contribution < -0.4 is 0 Å². The number of rotatable bonds is 3. The largest absolute Gasteiger partial charge is 0.475 e. The van der Waals surface area contributed by atoms with E-state index in [1.807, 2.05) is 0 Å². The first-order valence-corrected chi connectivity index (χ1v) is 9.07. The van der Waals surface area contributed by atoms with Crippen LogP contribution in [0.1, 0.15) is 5.56 Å². The van der Waals surface area contributed by atoms with Gasteiger partial charge in [-0.05, 0) is 12.1 Å². The van der Waals surface area contributed by atoms with Gasteiger partial charge in [-0.3, -0.25) is 0 Å². The standard InChI is InChI=1S/C13H5F6N3O4S2/c14-12(15,16)5-1-8(28(24)25)9(20-3-5)11-22-7-2-6(4-21-10(7)26-11)27(23)13(17,18)19/h1-4H,(H,24,25). The van der Waals surface area contributed by atoms with Gasteiger partial charge in [-0.1, -0.05) is 0 Å². The van der Waals surface area contributed by atoms with Crippen molar-refractivity contribution < 1.29 is 43.7 Å². The maximum atomic E-state index is 12.8. The summed E-state index contributed by atoms with van der Waals surface area (Å²) in [7, 11) is -3.39. The number of pyridine rings is 2. The molecule has 150 valence electrons. The van der Waals surface area contributed by atoms with Gasteiger partial charge in [0.15, 0.2) is 21.9 Å². The van der Waals surface area contributed by atoms with Gasteiger partial charge in [0.2, 0.25) is 11.6 Å². The van der Waals surface area contributed by atoms with E-state index in [4.69, 9.17) is 4.42 Å². The molecule has 2 atom stereocenters. The van der Waals surface area contributed by atoms with Crippen molar-refractivity contribution in [3.05, 3.63) is 30.1 Å². The molecule has 0 fully saturated rings. The van der Waals surface area contributed by atoms with Gasteiger partial charge in [0.1, 0.15) is 11.2 Å². The maximum Gasteiger partial charge on any atom is 0.475 e. The Hall–Kier alpha value is -2.39. The minimum atomic E-state index is -5.04. The predicted octanol–water partition coefficient (Wildman–Crippen LogP) is 3.51. The van der Waals surface area contributed by atoms with Crippen LogP contribution in [0.2, 0.25) is 0 Å². The van der Waals surface area contributed by atoms with Gasteiger partial charge in [0.05, 0.1) is 15.4 Å². The molecule has 0 saturated carbocycles. The molecule has 0 aliphatic carbocycles. The van der Waals surface area contributed by atoms with Crippen LogP contribution in [0.5, 0.6) is 0 Å². The third kappa shape index (κ3) is 3.90. The first-order chi connectivity index (χ1) is 12.9. The molecule has 0 amide bonds. The van der Waals surface area contributed by atoms with E-state index in [0.717, 1.165) is 6.07 Å². The highest BCUT2D eigenvalue weighted by molar-refractivity contribution is 7.86. The molecule has 0 radical (unpaired) electrons. The highest BCUT2D eigenvalue weighted by Gasteiger charge is 2.38. The fraction of sp³-hybridized carbons (Fsp3) is 0.154. The van der Waals surface area contributed by atoms with E-state index in [0.29, 0.717) is 18.5 Å². The van der Waals surface area contributed by atoms with E-state index >= 15 is 0 Å². The van der Waals surface area contributed by atoms with Crippen LogP contribution in [0.15, 0.2) is 38.7 Å². The zero-order valence-corrected chi connectivity index (χ0v) is 14.5. The lowest BCUT2D eigenvalue weighted by molar-refractivity contribution is -0.138. The number of hydrogen-bond acceptors (Lipinski definition) is 6. The minimum Gasteiger partial charge on any atom is -0.416 e. The van der Waals surface area contributed by atoms with Crippen molar-refractivity contribution in [1.29, 1.82) is 0 Å². The molecule has 1 N–H and O–H groups in total. The number of aromatic nitrogens is 3. The van der Waals surface area contributed by atoms with E-state index in [-0.39, 0.29) is 11.2 Å². The Morgan fingerprint density at radius 2 is 1.68 bits per heavy atom. The number of nitrogens with zero attached hydrogens (tertiary/aromatic N) is 3. The summed E-state index contributed by atoms with van der Waals surface area (Å²) in [4.78, 5) is 9.17. The first kappa shape index (κ1) is 20.3. The lowest BCUT2D eigenvalue weighted by Crippen LogP contribution is -2.16. The number of alkyl halides is 6. The van der Waals surface area contributed by atoms with Crippen molar-refractivity contribution in [3.8, 4) is 11.6 Å². The van der Waals surface area contributed by atoms with Crippen LogP contribution in [0.25, 0.3) is 22.8 Å². The molecule has 0 bridgehead atoms. The summed E-state index contributed by atoms with van der Waals surface area (Å²) in [6, 6.07) is 1.13. The average Bonchev–Trinajstić information content (AvgIpc) is 3.01. The van der Waals surface area contributed by atoms with Crippen LogP contribution in [-0.2, 0) is 28.1 Å². The molecule has 0 aromatic carbocycles. The third-order valence-electron chi connectivity index (χ3n) is 3.22. The monoisotopic (exact) mass is 445 g/mol. The number of halogens is 6. The summed E-state index contributed by atoms with van der Waals surface area (Å²) in [5.74, 6) is -0.552. The zero-order chi connectivity index (χ0) is 20.9. The molecule has 0 spiro atoms. The molecule has 3 rings (SSSR count). The average molecular weight is 445 g/mol. The van der Waals surface area contributed by atoms with Crippen LogP contribution in [0.3, 0.4) is 0 Å². The molecule has 0 aliphatic heterocycles. The van der Waals surface area contributed by atoms with Gasteiger partial charge >= 0.3 is 11.7 Å². The Bertz CT molecular complexity index is 1110. The number of oxazole rings is 1. The lowest BCUT2D eigenvalue weighted by Gasteiger charge is -2.08. The highest BCUT2D eigenvalue weighted by atomic mass is 32.2. The zero-order valence-electron chi connectivity index (χ0n) is 12.9. The molecule has 15 heteroatoms. The first-order valence-electron chi connectivity index (χ1n) is 6.81. The van der Waals surface area contributed by atoms with Crippen molar-refractivity contribution in [2.75, 3.05) is 0 Å². The van der Waals surface area contributed by atoms with E-state index in [2.05, 4.69) is 15.0 Å². The molecule has 28 heavy (non-hydrogen) atoms. The molecule has 7 nitrogen and oxygen atoms in total. The minimum absolute atomic E-state index is 0.304. The van der Waals surface area contributed by atoms with Gasteiger partial charge < -0.3 is 8.97 Å². The predicted molar refractivity (Wildman–Crippen MR) is 81.5 cm³/mol. The Kier molecular flexibility index (Phi) is 5.01. The fourth-order valence-corrected chi connectivity index (χ4v) is 3.20. The second-order valence-electron chi connectivity index (χ2n) is 5.05. The van der Waals surface area contributed by atoms with Crippen LogP contribution in [0, 0.1) is 0 Å². The van der Waals surface area contributed by atoms with Crippen molar-refractivity contribution in [2.45, 2.75) is 21.5 Å². The summed E-state index contributed by atoms with van der Waals surface area (Å²) in [5, 5.41) is 0. The highest BCUT2D eigenvalue weighted by Crippen LogP contribution is 2.34. The molecule has 3 aromatic rings. The SMILES string of the molecule is O=S(O)c1cc(C(F)(F)F)cnc1-c1nc2cc(S(=O)C(F)(F)F)cnc2o1. The summed E-state index contributed by atoms with van der Waals surface area (Å²) < 4.78 is 113. The maximum absolute atomic E-state index is 12.8. The molecule has 3 heterocycles. The molecule has 2 unspecified atom stereocenters. The second kappa shape index (κ2) is 6.89. The Labute approximate surface area is 155 Å². The van der Waals surface area contributed by atoms with Crippen molar-refractivity contribution in [1.82, 2.24) is 15.0 Å². The van der Waals surface area contributed by atoms with Crippen LogP contribution >= 0.6 is 0 Å². The lowest BCUT2D eigenvalue weighted by atomic mass is 10.2. The van der Waals surface area contributed by atoms with Gasteiger partial charge in [-0.15, -0.1) is 0 Å². The number of fused-ring (bicyclic) bond motifs is 1. The molecular formula is C13H5F6N3O4S2. The van der Waals surface area contributed by atoms with Gasteiger partial charge in [-0.25, -0.2) is 23.4 Å². The Balaban J connectivity index is 2.12. The molecule has 3 aromatic heterocycles. The van der Waals surface area contributed by atoms with Crippen LogP contribution in [0.4, 0.5) is 26.3 Å². The van der Waals surface area contributed by atoms with E-state index in [1.54, 1.807) is 0 Å². The Morgan fingerprint density at radius 1 is 1.00 bits per heavy atom. The molecular weight excluding hydrogens is 440 g/mol. The van der Waals surface area contributed by atoms with Crippen molar-refractivity contribution >= 4 is 33.1 Å². The summed E-state index contributed by atoms with van der Waals surface area (Å²) in [5.41, 5.74) is -7.52. The molecule has 0 saturated heterocycles. The number of hydrogen-bond donors (Lipinski definition) is 1. The quantitative estimate of drug-likeness (QED) is 0.486. The smallest absolute Gasteiger partial charge is 0.416 e. The van der Waals surface area contributed by atoms with Gasteiger partial charge in [0.25, 0.3) is 0 Å². The topological polar surface area (TPSA) is 106 Å². The summed E-state index contributed by atoms with van der Waals surface area (Å²) >= 11 is -2.91. The molecule has 0 aliphatic rings. The summed E-state index contributed by atoms with van der Waals surface area (Å²) in [6.07, 6.45) is -3.83. The van der Waals surface area contributed by atoms with E-state index < -0.39 is 60.5 Å². The Morgan fingerprint density at radius 3 is 2.25 bits per heavy atom. The second-order valence-corrected chi connectivity index (χ2v) is 7.46. The fourth-order valence-electron chi connectivity index (χ4n) is 2.03. The summed E-state index contributed by atoms with van der Waals surface area (Å²) in [6.45, 7) is 0. The van der Waals surface area contributed by atoms with Gasteiger partial charge in [-0.2, -0.15) is 26.3 Å². The third-order valence-corrected chi connectivity index (χ3v) is 4.98.